The molecule has 2 rings (SSSR count). The first kappa shape index (κ1) is 14.2. The van der Waals surface area contributed by atoms with Crippen LogP contribution in [0.25, 0.3) is 0 Å². The topological polar surface area (TPSA) is 0 Å². The number of hydrogen-bond acceptors (Lipinski definition) is 1. The summed E-state index contributed by atoms with van der Waals surface area (Å²) in [4.78, 5) is 1.37. The molecule has 0 amide bonds. The van der Waals surface area contributed by atoms with E-state index in [0.29, 0.717) is 0 Å². The van der Waals surface area contributed by atoms with Crippen molar-refractivity contribution in [2.45, 2.75) is 42.8 Å². The smallest absolute Gasteiger partial charge is 0.0219 e. The van der Waals surface area contributed by atoms with Crippen LogP contribution in [0, 0.1) is 0 Å². The second kappa shape index (κ2) is 6.81. The Labute approximate surface area is 121 Å². The Kier molecular flexibility index (Phi) is 5.09. The maximum absolute atomic E-state index is 2.39. The van der Waals surface area contributed by atoms with Crippen molar-refractivity contribution < 1.29 is 0 Å². The zero-order chi connectivity index (χ0) is 13.6. The van der Waals surface area contributed by atoms with Gasteiger partial charge in [0.2, 0.25) is 0 Å². The van der Waals surface area contributed by atoms with Gasteiger partial charge in [0.15, 0.2) is 0 Å². The molecule has 0 aliphatic heterocycles. The van der Waals surface area contributed by atoms with E-state index in [4.69, 9.17) is 0 Å². The third kappa shape index (κ3) is 4.43. The zero-order valence-electron chi connectivity index (χ0n) is 11.8. The molecule has 1 heteroatoms. The molecule has 0 bridgehead atoms. The lowest BCUT2D eigenvalue weighted by Crippen LogP contribution is -2.23. The lowest BCUT2D eigenvalue weighted by molar-refractivity contribution is 0.573. The van der Waals surface area contributed by atoms with Gasteiger partial charge in [0.1, 0.15) is 0 Å². The third-order valence-corrected chi connectivity index (χ3v) is 4.66. The fourth-order valence-electron chi connectivity index (χ4n) is 2.51. The minimum Gasteiger partial charge on any atom is -0.119 e. The molecule has 2 aromatic rings. The molecular weight excluding hydrogens is 248 g/mol. The maximum atomic E-state index is 2.39. The predicted octanol–water partition coefficient (Wildman–Crippen LogP) is 5.58. The Morgan fingerprint density at radius 1 is 0.895 bits per heavy atom. The van der Waals surface area contributed by atoms with Crippen molar-refractivity contribution in [1.82, 2.24) is 0 Å². The summed E-state index contributed by atoms with van der Waals surface area (Å²) in [6, 6.07) is 21.6. The molecule has 0 spiro atoms. The molecule has 0 N–H and O–H groups in total. The minimum atomic E-state index is 0.275. The molecule has 0 nitrogen and oxygen atoms in total. The molecule has 0 radical (unpaired) electrons. The molecule has 19 heavy (non-hydrogen) atoms. The molecular formula is C18H22S. The second-order valence-electron chi connectivity index (χ2n) is 5.28. The van der Waals surface area contributed by atoms with Crippen molar-refractivity contribution in [1.29, 1.82) is 0 Å². The summed E-state index contributed by atoms with van der Waals surface area (Å²) in [6.45, 7) is 4.66. The Bertz CT molecular complexity index is 434. The number of thioether (sulfide) groups is 1. The molecule has 2 aromatic carbocycles. The Hall–Kier alpha value is -1.21. The average Bonchev–Trinajstić information content (AvgIpc) is 2.41. The SMILES string of the molecule is CCCC(C)(Cc1ccccc1)Sc1ccccc1. The van der Waals surface area contributed by atoms with E-state index in [9.17, 15) is 0 Å². The van der Waals surface area contributed by atoms with Crippen LogP contribution < -0.4 is 0 Å². The van der Waals surface area contributed by atoms with Gasteiger partial charge >= 0.3 is 0 Å². The van der Waals surface area contributed by atoms with Gasteiger partial charge in [-0.15, -0.1) is 11.8 Å². The van der Waals surface area contributed by atoms with E-state index in [0.717, 1.165) is 6.42 Å². The maximum Gasteiger partial charge on any atom is 0.0219 e. The summed E-state index contributed by atoms with van der Waals surface area (Å²) in [6.07, 6.45) is 3.59. The Morgan fingerprint density at radius 2 is 1.47 bits per heavy atom. The molecule has 1 unspecified atom stereocenters. The molecule has 100 valence electrons. The van der Waals surface area contributed by atoms with Gasteiger partial charge in [-0.1, -0.05) is 61.9 Å². The first-order valence-corrected chi connectivity index (χ1v) is 7.81. The van der Waals surface area contributed by atoms with Crippen LogP contribution in [0.5, 0.6) is 0 Å². The Morgan fingerprint density at radius 3 is 2.05 bits per heavy atom. The van der Waals surface area contributed by atoms with Crippen LogP contribution in [0.3, 0.4) is 0 Å². The monoisotopic (exact) mass is 270 g/mol. The summed E-state index contributed by atoms with van der Waals surface area (Å²) in [5, 5.41) is 0. The van der Waals surface area contributed by atoms with Gasteiger partial charge in [0, 0.05) is 9.64 Å². The number of hydrogen-bond donors (Lipinski definition) is 0. The highest BCUT2D eigenvalue weighted by atomic mass is 32.2. The molecule has 0 aliphatic rings. The van der Waals surface area contributed by atoms with Gasteiger partial charge in [0.25, 0.3) is 0 Å². The van der Waals surface area contributed by atoms with E-state index in [1.165, 1.54) is 23.3 Å². The van der Waals surface area contributed by atoms with Gasteiger partial charge in [-0.3, -0.25) is 0 Å². The van der Waals surface area contributed by atoms with Gasteiger partial charge < -0.3 is 0 Å². The van der Waals surface area contributed by atoms with E-state index in [2.05, 4.69) is 74.5 Å². The molecule has 0 saturated heterocycles. The quantitative estimate of drug-likeness (QED) is 0.617. The first-order chi connectivity index (χ1) is 9.22. The highest BCUT2D eigenvalue weighted by Crippen LogP contribution is 2.38. The number of rotatable bonds is 6. The van der Waals surface area contributed by atoms with Crippen molar-refractivity contribution >= 4 is 11.8 Å². The normalized spacial score (nSPS) is 14.0. The minimum absolute atomic E-state index is 0.275. The van der Waals surface area contributed by atoms with Crippen LogP contribution >= 0.6 is 11.8 Å². The summed E-state index contributed by atoms with van der Waals surface area (Å²) in [7, 11) is 0. The standard InChI is InChI=1S/C18H22S/c1-3-14-18(2,15-16-10-6-4-7-11-16)19-17-12-8-5-9-13-17/h4-13H,3,14-15H2,1-2H3. The molecule has 0 fully saturated rings. The fraction of sp³-hybridized carbons (Fsp3) is 0.333. The van der Waals surface area contributed by atoms with Crippen LogP contribution in [0.2, 0.25) is 0 Å². The summed E-state index contributed by atoms with van der Waals surface area (Å²) >= 11 is 2.01. The van der Waals surface area contributed by atoms with E-state index in [1.807, 2.05) is 11.8 Å². The van der Waals surface area contributed by atoms with Crippen molar-refractivity contribution in [2.75, 3.05) is 0 Å². The summed E-state index contributed by atoms with van der Waals surface area (Å²) in [5.41, 5.74) is 1.43. The molecule has 1 atom stereocenters. The average molecular weight is 270 g/mol. The highest BCUT2D eigenvalue weighted by molar-refractivity contribution is 8.00. The Balaban J connectivity index is 2.13. The van der Waals surface area contributed by atoms with E-state index in [-0.39, 0.29) is 4.75 Å². The van der Waals surface area contributed by atoms with Gasteiger partial charge in [-0.25, -0.2) is 0 Å². The van der Waals surface area contributed by atoms with Crippen molar-refractivity contribution in [2.24, 2.45) is 0 Å². The molecule has 0 aliphatic carbocycles. The van der Waals surface area contributed by atoms with Crippen LogP contribution in [0.15, 0.2) is 65.6 Å². The van der Waals surface area contributed by atoms with Gasteiger partial charge in [-0.05, 0) is 37.5 Å². The third-order valence-electron chi connectivity index (χ3n) is 3.31. The van der Waals surface area contributed by atoms with E-state index < -0.39 is 0 Å². The second-order valence-corrected chi connectivity index (χ2v) is 6.94. The van der Waals surface area contributed by atoms with E-state index in [1.54, 1.807) is 0 Å². The van der Waals surface area contributed by atoms with E-state index >= 15 is 0 Å². The molecule has 0 heterocycles. The van der Waals surface area contributed by atoms with Crippen LogP contribution in [-0.2, 0) is 6.42 Å². The van der Waals surface area contributed by atoms with Crippen LogP contribution in [0.4, 0.5) is 0 Å². The van der Waals surface area contributed by atoms with Crippen LogP contribution in [-0.4, -0.2) is 4.75 Å². The lowest BCUT2D eigenvalue weighted by Gasteiger charge is -2.29. The summed E-state index contributed by atoms with van der Waals surface area (Å²) in [5.74, 6) is 0. The van der Waals surface area contributed by atoms with Crippen molar-refractivity contribution in [3.05, 3.63) is 66.2 Å². The molecule has 0 aromatic heterocycles. The summed E-state index contributed by atoms with van der Waals surface area (Å²) < 4.78 is 0.275. The first-order valence-electron chi connectivity index (χ1n) is 7.00. The predicted molar refractivity (Wildman–Crippen MR) is 85.8 cm³/mol. The van der Waals surface area contributed by atoms with Crippen molar-refractivity contribution in [3.8, 4) is 0 Å². The fourth-order valence-corrected chi connectivity index (χ4v) is 3.91. The van der Waals surface area contributed by atoms with Gasteiger partial charge in [0.05, 0.1) is 0 Å². The van der Waals surface area contributed by atoms with Crippen molar-refractivity contribution in [3.63, 3.8) is 0 Å². The zero-order valence-corrected chi connectivity index (χ0v) is 12.6. The molecule has 0 saturated carbocycles. The van der Waals surface area contributed by atoms with Crippen LogP contribution in [0.1, 0.15) is 32.3 Å². The highest BCUT2D eigenvalue weighted by Gasteiger charge is 2.25. The lowest BCUT2D eigenvalue weighted by atomic mass is 9.96. The largest absolute Gasteiger partial charge is 0.119 e. The van der Waals surface area contributed by atoms with Gasteiger partial charge in [-0.2, -0.15) is 0 Å². The number of benzene rings is 2.